The molecule has 0 saturated carbocycles. The Morgan fingerprint density at radius 3 is 2.93 bits per heavy atom. The molecule has 3 heterocycles. The van der Waals surface area contributed by atoms with E-state index in [9.17, 15) is 4.79 Å². The van der Waals surface area contributed by atoms with E-state index in [0.717, 1.165) is 46.3 Å². The summed E-state index contributed by atoms with van der Waals surface area (Å²) >= 11 is 3.25. The van der Waals surface area contributed by atoms with E-state index in [1.165, 1.54) is 4.70 Å². The van der Waals surface area contributed by atoms with Gasteiger partial charge in [-0.15, -0.1) is 23.1 Å². The van der Waals surface area contributed by atoms with E-state index in [4.69, 9.17) is 14.5 Å². The number of fused-ring (bicyclic) bond motifs is 2. The summed E-state index contributed by atoms with van der Waals surface area (Å²) in [6.45, 7) is 1.96. The highest BCUT2D eigenvalue weighted by Crippen LogP contribution is 2.38. The summed E-state index contributed by atoms with van der Waals surface area (Å²) in [5.41, 5.74) is 1.02. The number of rotatable bonds is 4. The first-order valence-electron chi connectivity index (χ1n) is 9.45. The summed E-state index contributed by atoms with van der Waals surface area (Å²) in [5, 5.41) is 1.05. The monoisotopic (exact) mass is 412 g/mol. The van der Waals surface area contributed by atoms with E-state index in [1.54, 1.807) is 23.1 Å². The number of carbonyl (C=O) groups excluding carboxylic acids is 1. The lowest BCUT2D eigenvalue weighted by molar-refractivity contribution is -0.129. The second kappa shape index (κ2) is 7.64. The highest BCUT2D eigenvalue weighted by molar-refractivity contribution is 8.00. The number of thioether (sulfide) groups is 1. The molecule has 2 aromatic carbocycles. The van der Waals surface area contributed by atoms with E-state index in [2.05, 4.69) is 6.07 Å². The molecule has 144 valence electrons. The number of carbonyl (C=O) groups is 1. The van der Waals surface area contributed by atoms with Crippen LogP contribution in [0.15, 0.2) is 47.4 Å². The maximum absolute atomic E-state index is 12.9. The van der Waals surface area contributed by atoms with Gasteiger partial charge in [0.2, 0.25) is 5.91 Å². The molecule has 0 N–H and O–H groups in total. The molecule has 0 bridgehead atoms. The van der Waals surface area contributed by atoms with Gasteiger partial charge < -0.3 is 14.4 Å². The topological polar surface area (TPSA) is 51.7 Å². The third-order valence-corrected chi connectivity index (χ3v) is 7.16. The van der Waals surface area contributed by atoms with Gasteiger partial charge in [0.1, 0.15) is 18.2 Å². The lowest BCUT2D eigenvalue weighted by atomic mass is 10.2. The number of aromatic nitrogens is 1. The maximum Gasteiger partial charge on any atom is 0.233 e. The van der Waals surface area contributed by atoms with Crippen molar-refractivity contribution in [3.63, 3.8) is 0 Å². The Bertz CT molecular complexity index is 987. The molecule has 5 nitrogen and oxygen atoms in total. The second-order valence-electron chi connectivity index (χ2n) is 6.86. The smallest absolute Gasteiger partial charge is 0.233 e. The van der Waals surface area contributed by atoms with Crippen molar-refractivity contribution in [2.45, 2.75) is 23.8 Å². The van der Waals surface area contributed by atoms with Crippen molar-refractivity contribution in [3.8, 4) is 11.5 Å². The molecule has 0 unspecified atom stereocenters. The zero-order valence-corrected chi connectivity index (χ0v) is 16.9. The third-order valence-electron chi connectivity index (χ3n) is 5.04. The largest absolute Gasteiger partial charge is 0.486 e. The molecule has 0 aliphatic carbocycles. The van der Waals surface area contributed by atoms with E-state index >= 15 is 0 Å². The predicted molar refractivity (Wildman–Crippen MR) is 111 cm³/mol. The van der Waals surface area contributed by atoms with Crippen LogP contribution in [0, 0.1) is 0 Å². The minimum Gasteiger partial charge on any atom is -0.486 e. The van der Waals surface area contributed by atoms with Crippen LogP contribution in [0.5, 0.6) is 11.5 Å². The second-order valence-corrected chi connectivity index (χ2v) is 8.97. The van der Waals surface area contributed by atoms with Gasteiger partial charge >= 0.3 is 0 Å². The fourth-order valence-electron chi connectivity index (χ4n) is 3.70. The van der Waals surface area contributed by atoms with Crippen LogP contribution in [0.4, 0.5) is 0 Å². The Balaban J connectivity index is 1.28. The lowest BCUT2D eigenvalue weighted by Gasteiger charge is -2.23. The van der Waals surface area contributed by atoms with Gasteiger partial charge in [-0.3, -0.25) is 4.79 Å². The van der Waals surface area contributed by atoms with Crippen LogP contribution in [0.3, 0.4) is 0 Å². The van der Waals surface area contributed by atoms with Gasteiger partial charge in [-0.2, -0.15) is 0 Å². The Morgan fingerprint density at radius 1 is 1.18 bits per heavy atom. The van der Waals surface area contributed by atoms with Gasteiger partial charge in [0.25, 0.3) is 0 Å². The average Bonchev–Trinajstić information content (AvgIpc) is 3.38. The van der Waals surface area contributed by atoms with Gasteiger partial charge in [-0.05, 0) is 43.2 Å². The Hall–Kier alpha value is -2.25. The number of para-hydroxylation sites is 1. The van der Waals surface area contributed by atoms with Crippen LogP contribution < -0.4 is 9.47 Å². The number of hydrogen-bond acceptors (Lipinski definition) is 6. The van der Waals surface area contributed by atoms with Gasteiger partial charge in [0.15, 0.2) is 11.5 Å². The molecule has 5 rings (SSSR count). The van der Waals surface area contributed by atoms with Crippen molar-refractivity contribution in [2.24, 2.45) is 0 Å². The first kappa shape index (κ1) is 17.8. The van der Waals surface area contributed by atoms with Gasteiger partial charge in [0.05, 0.1) is 22.0 Å². The molecule has 2 aliphatic rings. The first-order valence-corrected chi connectivity index (χ1v) is 11.3. The summed E-state index contributed by atoms with van der Waals surface area (Å²) in [4.78, 5) is 20.7. The zero-order chi connectivity index (χ0) is 18.9. The minimum absolute atomic E-state index is 0.103. The molecule has 1 amide bonds. The van der Waals surface area contributed by atoms with Crippen LogP contribution in [-0.2, 0) is 4.79 Å². The molecule has 1 aromatic heterocycles. The van der Waals surface area contributed by atoms with Crippen molar-refractivity contribution in [1.29, 1.82) is 0 Å². The number of thiazole rings is 1. The Morgan fingerprint density at radius 2 is 2.04 bits per heavy atom. The molecule has 1 saturated heterocycles. The minimum atomic E-state index is 0.103. The van der Waals surface area contributed by atoms with Crippen LogP contribution in [0.2, 0.25) is 0 Å². The molecule has 0 spiro atoms. The summed E-state index contributed by atoms with van der Waals surface area (Å²) in [6.07, 6.45) is 2.02. The van der Waals surface area contributed by atoms with Gasteiger partial charge in [-0.25, -0.2) is 4.98 Å². The summed E-state index contributed by atoms with van der Waals surface area (Å²) < 4.78 is 12.4. The van der Waals surface area contributed by atoms with Crippen molar-refractivity contribution in [3.05, 3.63) is 47.5 Å². The van der Waals surface area contributed by atoms with Crippen molar-refractivity contribution >= 4 is 39.2 Å². The lowest BCUT2D eigenvalue weighted by Crippen LogP contribution is -2.31. The predicted octanol–water partition coefficient (Wildman–Crippen LogP) is 4.52. The zero-order valence-electron chi connectivity index (χ0n) is 15.3. The van der Waals surface area contributed by atoms with E-state index in [1.807, 2.05) is 41.3 Å². The Kier molecular flexibility index (Phi) is 4.86. The molecular formula is C21H20N2O3S2. The number of hydrogen-bond donors (Lipinski definition) is 0. The van der Waals surface area contributed by atoms with Gasteiger partial charge in [0, 0.05) is 11.4 Å². The summed E-state index contributed by atoms with van der Waals surface area (Å²) in [7, 11) is 0. The highest BCUT2D eigenvalue weighted by Gasteiger charge is 2.32. The third kappa shape index (κ3) is 3.44. The number of benzene rings is 2. The molecule has 28 heavy (non-hydrogen) atoms. The summed E-state index contributed by atoms with van der Waals surface area (Å²) in [5.74, 6) is 2.12. The SMILES string of the molecule is O=C(CSc1ccc2c(c1)OCCO2)N1CCC[C@H]1c1nc2ccccc2s1. The molecule has 1 fully saturated rings. The van der Waals surface area contributed by atoms with E-state index < -0.39 is 0 Å². The number of amides is 1. The molecule has 3 aromatic rings. The van der Waals surface area contributed by atoms with Gasteiger partial charge in [-0.1, -0.05) is 12.1 Å². The first-order chi connectivity index (χ1) is 13.8. The van der Waals surface area contributed by atoms with Crippen molar-refractivity contribution < 1.29 is 14.3 Å². The van der Waals surface area contributed by atoms with Crippen molar-refractivity contribution in [1.82, 2.24) is 9.88 Å². The van der Waals surface area contributed by atoms with E-state index in [-0.39, 0.29) is 11.9 Å². The Labute approximate surface area is 171 Å². The van der Waals surface area contributed by atoms with Crippen LogP contribution >= 0.6 is 23.1 Å². The fourth-order valence-corrected chi connectivity index (χ4v) is 5.62. The van der Waals surface area contributed by atoms with E-state index in [0.29, 0.717) is 19.0 Å². The number of ether oxygens (including phenoxy) is 2. The quantitative estimate of drug-likeness (QED) is 0.590. The fraction of sp³-hybridized carbons (Fsp3) is 0.333. The number of likely N-dealkylation sites (tertiary alicyclic amines) is 1. The average molecular weight is 413 g/mol. The summed E-state index contributed by atoms with van der Waals surface area (Å²) in [6, 6.07) is 14.1. The molecule has 2 aliphatic heterocycles. The molecule has 0 radical (unpaired) electrons. The maximum atomic E-state index is 12.9. The molecule has 7 heteroatoms. The van der Waals surface area contributed by atoms with Crippen molar-refractivity contribution in [2.75, 3.05) is 25.5 Å². The number of nitrogens with zero attached hydrogens (tertiary/aromatic N) is 2. The highest BCUT2D eigenvalue weighted by atomic mass is 32.2. The standard InChI is InChI=1S/C21H20N2O3S2/c24-20(13-27-14-7-8-17-18(12-14)26-11-10-25-17)23-9-3-5-16(23)21-22-15-4-1-2-6-19(15)28-21/h1-2,4,6-8,12,16H,3,5,9-11,13H2/t16-/m0/s1. The van der Waals surface area contributed by atoms with Crippen LogP contribution in [-0.4, -0.2) is 41.3 Å². The van der Waals surface area contributed by atoms with Crippen LogP contribution in [0.1, 0.15) is 23.9 Å². The van der Waals surface area contributed by atoms with Crippen LogP contribution in [0.25, 0.3) is 10.2 Å². The normalized spacial score (nSPS) is 18.6. The molecule has 1 atom stereocenters. The molecular weight excluding hydrogens is 392 g/mol.